The third-order valence-corrected chi connectivity index (χ3v) is 3.29. The Balaban J connectivity index is 2.31. The molecule has 4 nitrogen and oxygen atoms in total. The molecule has 0 saturated carbocycles. The van der Waals surface area contributed by atoms with Crippen LogP contribution >= 0.6 is 0 Å². The molecule has 106 valence electrons. The highest BCUT2D eigenvalue weighted by Gasteiger charge is 2.19. The minimum absolute atomic E-state index is 0.365. The Labute approximate surface area is 112 Å². The summed E-state index contributed by atoms with van der Waals surface area (Å²) in [6.07, 6.45) is 2.32. The van der Waals surface area contributed by atoms with Crippen molar-refractivity contribution in [3.63, 3.8) is 0 Å². The molecule has 0 spiro atoms. The summed E-state index contributed by atoms with van der Waals surface area (Å²) >= 11 is 0. The van der Waals surface area contributed by atoms with Gasteiger partial charge in [0.15, 0.2) is 5.96 Å². The van der Waals surface area contributed by atoms with Gasteiger partial charge < -0.3 is 15.0 Å². The van der Waals surface area contributed by atoms with Crippen molar-refractivity contribution in [2.24, 2.45) is 16.3 Å². The molecular formula is C14H29N3O. The molecule has 0 amide bonds. The standard InChI is InChI=1S/C14H29N3O/c1-14(2,3)7-8-16-13(15-4)17(5)10-12-6-9-18-11-12/h12H,6-11H2,1-5H3,(H,15,16). The predicted molar refractivity (Wildman–Crippen MR) is 77.0 cm³/mol. The molecule has 1 aliphatic rings. The van der Waals surface area contributed by atoms with Gasteiger partial charge in [0.1, 0.15) is 0 Å². The van der Waals surface area contributed by atoms with Crippen LogP contribution in [0.5, 0.6) is 0 Å². The molecule has 0 aromatic heterocycles. The van der Waals surface area contributed by atoms with Crippen molar-refractivity contribution in [3.8, 4) is 0 Å². The molecule has 0 aromatic carbocycles. The summed E-state index contributed by atoms with van der Waals surface area (Å²) in [6.45, 7) is 10.6. The van der Waals surface area contributed by atoms with Crippen LogP contribution in [0.2, 0.25) is 0 Å². The van der Waals surface area contributed by atoms with Crippen LogP contribution in [-0.4, -0.2) is 51.3 Å². The largest absolute Gasteiger partial charge is 0.381 e. The highest BCUT2D eigenvalue weighted by Crippen LogP contribution is 2.17. The average molecular weight is 255 g/mol. The summed E-state index contributed by atoms with van der Waals surface area (Å²) < 4.78 is 5.41. The molecule has 1 saturated heterocycles. The van der Waals surface area contributed by atoms with E-state index in [1.54, 1.807) is 0 Å². The number of rotatable bonds is 4. The topological polar surface area (TPSA) is 36.9 Å². The average Bonchev–Trinajstić information content (AvgIpc) is 2.75. The molecule has 1 heterocycles. The first-order valence-electron chi connectivity index (χ1n) is 6.92. The Hall–Kier alpha value is -0.770. The fraction of sp³-hybridized carbons (Fsp3) is 0.929. The van der Waals surface area contributed by atoms with Gasteiger partial charge in [0, 0.05) is 39.7 Å². The summed E-state index contributed by atoms with van der Waals surface area (Å²) in [7, 11) is 3.95. The number of guanidine groups is 1. The Bertz CT molecular complexity index is 265. The molecule has 0 aromatic rings. The van der Waals surface area contributed by atoms with Gasteiger partial charge in [0.05, 0.1) is 6.61 Å². The van der Waals surface area contributed by atoms with Crippen molar-refractivity contribution in [3.05, 3.63) is 0 Å². The van der Waals surface area contributed by atoms with E-state index in [0.29, 0.717) is 11.3 Å². The van der Waals surface area contributed by atoms with Crippen LogP contribution in [0, 0.1) is 11.3 Å². The second-order valence-corrected chi connectivity index (χ2v) is 6.39. The highest BCUT2D eigenvalue weighted by molar-refractivity contribution is 5.79. The molecule has 0 bridgehead atoms. The van der Waals surface area contributed by atoms with Gasteiger partial charge in [-0.2, -0.15) is 0 Å². The van der Waals surface area contributed by atoms with E-state index in [2.05, 4.69) is 43.0 Å². The molecule has 0 radical (unpaired) electrons. The van der Waals surface area contributed by atoms with Gasteiger partial charge in [-0.05, 0) is 18.3 Å². The third-order valence-electron chi connectivity index (χ3n) is 3.29. The summed E-state index contributed by atoms with van der Waals surface area (Å²) in [5.74, 6) is 1.64. The minimum atomic E-state index is 0.365. The maximum atomic E-state index is 5.41. The number of hydrogen-bond acceptors (Lipinski definition) is 2. The van der Waals surface area contributed by atoms with Gasteiger partial charge in [-0.15, -0.1) is 0 Å². The predicted octanol–water partition coefficient (Wildman–Crippen LogP) is 1.97. The first kappa shape index (κ1) is 15.3. The van der Waals surface area contributed by atoms with E-state index in [9.17, 15) is 0 Å². The number of hydrogen-bond donors (Lipinski definition) is 1. The van der Waals surface area contributed by atoms with Crippen molar-refractivity contribution in [2.75, 3.05) is 40.4 Å². The van der Waals surface area contributed by atoms with Crippen LogP contribution in [0.3, 0.4) is 0 Å². The Morgan fingerprint density at radius 3 is 2.67 bits per heavy atom. The van der Waals surface area contributed by atoms with Crippen molar-refractivity contribution in [1.82, 2.24) is 10.2 Å². The highest BCUT2D eigenvalue weighted by atomic mass is 16.5. The zero-order valence-electron chi connectivity index (χ0n) is 12.6. The normalized spacial score (nSPS) is 21.2. The van der Waals surface area contributed by atoms with Crippen molar-refractivity contribution in [1.29, 1.82) is 0 Å². The quantitative estimate of drug-likeness (QED) is 0.616. The first-order chi connectivity index (χ1) is 8.42. The van der Waals surface area contributed by atoms with Crippen LogP contribution in [-0.2, 0) is 4.74 Å². The Morgan fingerprint density at radius 2 is 2.17 bits per heavy atom. The molecule has 4 heteroatoms. The molecule has 0 aliphatic carbocycles. The molecule has 1 unspecified atom stereocenters. The van der Waals surface area contributed by atoms with Crippen LogP contribution in [0.1, 0.15) is 33.6 Å². The zero-order chi connectivity index (χ0) is 13.6. The summed E-state index contributed by atoms with van der Waals surface area (Å²) in [6, 6.07) is 0. The number of nitrogens with zero attached hydrogens (tertiary/aromatic N) is 2. The number of nitrogens with one attached hydrogen (secondary N) is 1. The summed E-state index contributed by atoms with van der Waals surface area (Å²) in [5.41, 5.74) is 0.365. The van der Waals surface area contributed by atoms with Crippen molar-refractivity contribution < 1.29 is 4.74 Å². The van der Waals surface area contributed by atoms with Gasteiger partial charge in [-0.3, -0.25) is 4.99 Å². The van der Waals surface area contributed by atoms with E-state index in [1.807, 2.05) is 7.05 Å². The van der Waals surface area contributed by atoms with Gasteiger partial charge in [-0.1, -0.05) is 20.8 Å². The lowest BCUT2D eigenvalue weighted by atomic mass is 9.92. The van der Waals surface area contributed by atoms with E-state index in [0.717, 1.165) is 38.7 Å². The second-order valence-electron chi connectivity index (χ2n) is 6.39. The Morgan fingerprint density at radius 1 is 1.44 bits per heavy atom. The smallest absolute Gasteiger partial charge is 0.193 e. The monoisotopic (exact) mass is 255 g/mol. The van der Waals surface area contributed by atoms with Gasteiger partial charge in [-0.25, -0.2) is 0 Å². The van der Waals surface area contributed by atoms with Crippen LogP contribution in [0.4, 0.5) is 0 Å². The van der Waals surface area contributed by atoms with Crippen LogP contribution in [0.15, 0.2) is 4.99 Å². The molecule has 1 rings (SSSR count). The van der Waals surface area contributed by atoms with Gasteiger partial charge >= 0.3 is 0 Å². The lowest BCUT2D eigenvalue weighted by Crippen LogP contribution is -2.42. The lowest BCUT2D eigenvalue weighted by molar-refractivity contribution is 0.181. The molecule has 1 N–H and O–H groups in total. The summed E-state index contributed by atoms with van der Waals surface area (Å²) in [5, 5.41) is 3.43. The van der Waals surface area contributed by atoms with Crippen LogP contribution < -0.4 is 5.32 Å². The SMILES string of the molecule is CN=C(NCCC(C)(C)C)N(C)CC1CCOC1. The number of ether oxygens (including phenoxy) is 1. The van der Waals surface area contributed by atoms with Crippen molar-refractivity contribution >= 4 is 5.96 Å². The molecule has 18 heavy (non-hydrogen) atoms. The molecular weight excluding hydrogens is 226 g/mol. The summed E-state index contributed by atoms with van der Waals surface area (Å²) in [4.78, 5) is 6.55. The van der Waals surface area contributed by atoms with E-state index in [1.165, 1.54) is 6.42 Å². The van der Waals surface area contributed by atoms with E-state index in [4.69, 9.17) is 4.74 Å². The zero-order valence-corrected chi connectivity index (χ0v) is 12.6. The van der Waals surface area contributed by atoms with E-state index in [-0.39, 0.29) is 0 Å². The van der Waals surface area contributed by atoms with E-state index >= 15 is 0 Å². The third kappa shape index (κ3) is 5.71. The van der Waals surface area contributed by atoms with Crippen LogP contribution in [0.25, 0.3) is 0 Å². The van der Waals surface area contributed by atoms with Crippen molar-refractivity contribution in [2.45, 2.75) is 33.6 Å². The maximum Gasteiger partial charge on any atom is 0.193 e. The van der Waals surface area contributed by atoms with Gasteiger partial charge in [0.25, 0.3) is 0 Å². The Kier molecular flexibility index (Phi) is 5.93. The van der Waals surface area contributed by atoms with E-state index < -0.39 is 0 Å². The fourth-order valence-corrected chi connectivity index (χ4v) is 2.14. The fourth-order valence-electron chi connectivity index (χ4n) is 2.14. The lowest BCUT2D eigenvalue weighted by Gasteiger charge is -2.26. The number of aliphatic imine (C=N–C) groups is 1. The minimum Gasteiger partial charge on any atom is -0.381 e. The maximum absolute atomic E-state index is 5.41. The first-order valence-corrected chi connectivity index (χ1v) is 6.92. The molecule has 1 aliphatic heterocycles. The molecule has 1 fully saturated rings. The second kappa shape index (κ2) is 6.98. The molecule has 1 atom stereocenters. The van der Waals surface area contributed by atoms with Gasteiger partial charge in [0.2, 0.25) is 0 Å².